The van der Waals surface area contributed by atoms with E-state index in [0.717, 1.165) is 5.69 Å². The number of anilines is 1. The second-order valence-electron chi connectivity index (χ2n) is 4.18. The second kappa shape index (κ2) is 5.83. The van der Waals surface area contributed by atoms with Crippen LogP contribution in [0.2, 0.25) is 5.15 Å². The van der Waals surface area contributed by atoms with Crippen molar-refractivity contribution in [2.75, 3.05) is 5.32 Å². The fourth-order valence-corrected chi connectivity index (χ4v) is 1.98. The van der Waals surface area contributed by atoms with Crippen molar-refractivity contribution < 1.29 is 4.39 Å². The number of hydrogen-bond donors (Lipinski definition) is 1. The van der Waals surface area contributed by atoms with E-state index < -0.39 is 0 Å². The molecule has 0 saturated heterocycles. The van der Waals surface area contributed by atoms with E-state index >= 15 is 0 Å². The van der Waals surface area contributed by atoms with Crippen LogP contribution in [0.5, 0.6) is 0 Å². The Balaban J connectivity index is 2.04. The normalized spacial score (nSPS) is 12.2. The van der Waals surface area contributed by atoms with Gasteiger partial charge in [0.1, 0.15) is 5.82 Å². The molecule has 1 aromatic heterocycles. The zero-order valence-corrected chi connectivity index (χ0v) is 10.8. The average Bonchev–Trinajstić information content (AvgIpc) is 2.35. The van der Waals surface area contributed by atoms with Gasteiger partial charge < -0.3 is 5.32 Å². The molecule has 1 N–H and O–H groups in total. The Labute approximate surface area is 111 Å². The van der Waals surface area contributed by atoms with Crippen LogP contribution in [-0.2, 0) is 6.42 Å². The predicted molar refractivity (Wildman–Crippen MR) is 72.4 cm³/mol. The lowest BCUT2D eigenvalue weighted by molar-refractivity contribution is 0.601. The lowest BCUT2D eigenvalue weighted by atomic mass is 10.1. The highest BCUT2D eigenvalue weighted by Crippen LogP contribution is 2.19. The number of nitrogens with one attached hydrogen (secondary N) is 1. The smallest absolute Gasteiger partial charge is 0.152 e. The summed E-state index contributed by atoms with van der Waals surface area (Å²) in [5.41, 5.74) is 1.46. The van der Waals surface area contributed by atoms with Crippen LogP contribution in [0.1, 0.15) is 12.5 Å². The maximum atomic E-state index is 13.5. The Bertz CT molecular complexity index is 483. The minimum absolute atomic E-state index is 0.0728. The maximum Gasteiger partial charge on any atom is 0.152 e. The van der Waals surface area contributed by atoms with E-state index in [1.165, 1.54) is 6.07 Å². The Hall–Kier alpha value is -1.61. The van der Waals surface area contributed by atoms with E-state index in [1.807, 2.05) is 25.1 Å². The minimum atomic E-state index is -0.177. The first-order chi connectivity index (χ1) is 8.66. The molecule has 1 aromatic carbocycles. The molecule has 1 unspecified atom stereocenters. The quantitative estimate of drug-likeness (QED) is 0.847. The monoisotopic (exact) mass is 264 g/mol. The number of rotatable bonds is 4. The Morgan fingerprint density at radius 3 is 2.78 bits per heavy atom. The first kappa shape index (κ1) is 12.8. The van der Waals surface area contributed by atoms with E-state index in [4.69, 9.17) is 11.6 Å². The lowest BCUT2D eigenvalue weighted by Gasteiger charge is -2.16. The number of pyridine rings is 1. The molecule has 0 fully saturated rings. The molecule has 0 aliphatic heterocycles. The van der Waals surface area contributed by atoms with Crippen LogP contribution in [0.4, 0.5) is 10.1 Å². The fraction of sp³-hybridized carbons (Fsp3) is 0.214. The summed E-state index contributed by atoms with van der Waals surface area (Å²) >= 11 is 5.95. The van der Waals surface area contributed by atoms with Crippen LogP contribution in [0.3, 0.4) is 0 Å². The van der Waals surface area contributed by atoms with Crippen LogP contribution < -0.4 is 5.32 Å². The molecule has 0 aliphatic carbocycles. The summed E-state index contributed by atoms with van der Waals surface area (Å²) in [6, 6.07) is 10.5. The Morgan fingerprint density at radius 2 is 2.06 bits per heavy atom. The van der Waals surface area contributed by atoms with Crippen molar-refractivity contribution in [2.24, 2.45) is 0 Å². The van der Waals surface area contributed by atoms with Gasteiger partial charge in [0, 0.05) is 12.2 Å². The Morgan fingerprint density at radius 1 is 1.28 bits per heavy atom. The molecular weight excluding hydrogens is 251 g/mol. The molecule has 2 nitrogen and oxygen atoms in total. The third-order valence-electron chi connectivity index (χ3n) is 2.64. The molecule has 0 aliphatic rings. The van der Waals surface area contributed by atoms with Crippen molar-refractivity contribution in [3.8, 4) is 0 Å². The van der Waals surface area contributed by atoms with Gasteiger partial charge in [0.15, 0.2) is 5.15 Å². The van der Waals surface area contributed by atoms with Gasteiger partial charge in [0.2, 0.25) is 0 Å². The molecule has 0 radical (unpaired) electrons. The minimum Gasteiger partial charge on any atom is -0.380 e. The summed E-state index contributed by atoms with van der Waals surface area (Å²) in [5, 5.41) is 3.65. The average molecular weight is 265 g/mol. The van der Waals surface area contributed by atoms with Gasteiger partial charge in [-0.3, -0.25) is 0 Å². The highest BCUT2D eigenvalue weighted by atomic mass is 35.5. The molecule has 4 heteroatoms. The number of nitrogens with zero attached hydrogens (tertiary/aromatic N) is 1. The van der Waals surface area contributed by atoms with Gasteiger partial charge >= 0.3 is 0 Å². The van der Waals surface area contributed by atoms with Crippen LogP contribution in [0.15, 0.2) is 42.6 Å². The van der Waals surface area contributed by atoms with Crippen molar-refractivity contribution in [3.63, 3.8) is 0 Å². The van der Waals surface area contributed by atoms with E-state index in [9.17, 15) is 4.39 Å². The van der Waals surface area contributed by atoms with Crippen LogP contribution in [0.25, 0.3) is 0 Å². The lowest BCUT2D eigenvalue weighted by Crippen LogP contribution is -2.19. The zero-order valence-electron chi connectivity index (χ0n) is 10.0. The molecule has 0 saturated carbocycles. The summed E-state index contributed by atoms with van der Waals surface area (Å²) in [4.78, 5) is 3.99. The molecule has 0 amide bonds. The summed E-state index contributed by atoms with van der Waals surface area (Å²) in [6.07, 6.45) is 2.23. The van der Waals surface area contributed by atoms with Crippen molar-refractivity contribution in [2.45, 2.75) is 19.4 Å². The number of benzene rings is 1. The summed E-state index contributed by atoms with van der Waals surface area (Å²) in [6.45, 7) is 1.98. The first-order valence-electron chi connectivity index (χ1n) is 5.77. The van der Waals surface area contributed by atoms with Gasteiger partial charge in [-0.1, -0.05) is 29.8 Å². The maximum absolute atomic E-state index is 13.5. The molecule has 18 heavy (non-hydrogen) atoms. The van der Waals surface area contributed by atoms with Crippen molar-refractivity contribution in [1.29, 1.82) is 0 Å². The molecule has 0 spiro atoms. The molecular formula is C14H14ClFN2. The van der Waals surface area contributed by atoms with Crippen molar-refractivity contribution >= 4 is 17.3 Å². The van der Waals surface area contributed by atoms with Crippen LogP contribution in [-0.4, -0.2) is 11.0 Å². The third kappa shape index (κ3) is 3.20. The number of halogens is 2. The van der Waals surface area contributed by atoms with E-state index in [0.29, 0.717) is 17.1 Å². The summed E-state index contributed by atoms with van der Waals surface area (Å²) in [7, 11) is 0. The van der Waals surface area contributed by atoms with Crippen molar-refractivity contribution in [1.82, 2.24) is 4.98 Å². The largest absolute Gasteiger partial charge is 0.380 e. The fourth-order valence-electron chi connectivity index (χ4n) is 1.80. The standard InChI is InChI=1S/C14H14ClFN2/c1-10(9-11-5-2-3-6-12(11)16)18-13-7-4-8-17-14(13)15/h2-8,10,18H,9H2,1H3. The van der Waals surface area contributed by atoms with E-state index in [-0.39, 0.29) is 11.9 Å². The van der Waals surface area contributed by atoms with E-state index in [1.54, 1.807) is 18.3 Å². The van der Waals surface area contributed by atoms with E-state index in [2.05, 4.69) is 10.3 Å². The molecule has 2 aromatic rings. The number of aromatic nitrogens is 1. The number of hydrogen-bond acceptors (Lipinski definition) is 2. The van der Waals surface area contributed by atoms with Crippen LogP contribution >= 0.6 is 11.6 Å². The zero-order chi connectivity index (χ0) is 13.0. The first-order valence-corrected chi connectivity index (χ1v) is 6.15. The summed E-state index contributed by atoms with van der Waals surface area (Å²) in [5.74, 6) is -0.177. The third-order valence-corrected chi connectivity index (χ3v) is 2.95. The SMILES string of the molecule is CC(Cc1ccccc1F)Nc1cccnc1Cl. The highest BCUT2D eigenvalue weighted by Gasteiger charge is 2.09. The predicted octanol–water partition coefficient (Wildman–Crippen LogP) is 3.92. The molecule has 94 valence electrons. The van der Waals surface area contributed by atoms with Gasteiger partial charge in [0.05, 0.1) is 5.69 Å². The van der Waals surface area contributed by atoms with Gasteiger partial charge in [-0.25, -0.2) is 9.37 Å². The van der Waals surface area contributed by atoms with Gasteiger partial charge in [-0.2, -0.15) is 0 Å². The molecule has 2 rings (SSSR count). The molecule has 1 heterocycles. The summed E-state index contributed by atoms with van der Waals surface area (Å²) < 4.78 is 13.5. The van der Waals surface area contributed by atoms with Crippen LogP contribution in [0, 0.1) is 5.82 Å². The second-order valence-corrected chi connectivity index (χ2v) is 4.54. The Kier molecular flexibility index (Phi) is 4.15. The van der Waals surface area contributed by atoms with Crippen molar-refractivity contribution in [3.05, 3.63) is 59.1 Å². The topological polar surface area (TPSA) is 24.9 Å². The molecule has 0 bridgehead atoms. The highest BCUT2D eigenvalue weighted by molar-refractivity contribution is 6.31. The van der Waals surface area contributed by atoms with Gasteiger partial charge in [0.25, 0.3) is 0 Å². The van der Waals surface area contributed by atoms with Gasteiger partial charge in [-0.15, -0.1) is 0 Å². The van der Waals surface area contributed by atoms with Gasteiger partial charge in [-0.05, 0) is 37.1 Å². The molecule has 1 atom stereocenters.